The van der Waals surface area contributed by atoms with Crippen molar-refractivity contribution in [1.29, 1.82) is 0 Å². The van der Waals surface area contributed by atoms with E-state index in [0.717, 1.165) is 65.1 Å². The Kier molecular flexibility index (Phi) is 6.11. The van der Waals surface area contributed by atoms with Gasteiger partial charge in [0, 0.05) is 16.7 Å². The molecule has 0 aromatic carbocycles. The standard InChI is InChI=1S/C17H22IN7/c1-3-5-7-24-11-16(20-22-24)14-9-13(18)10-15(19-14)17-12-25(23-21-17)8-6-4-2/h9-12H,3-8H2,1-2H3. The maximum atomic E-state index is 4.72. The minimum absolute atomic E-state index is 0.786. The summed E-state index contributed by atoms with van der Waals surface area (Å²) in [7, 11) is 0. The van der Waals surface area contributed by atoms with E-state index in [0.29, 0.717) is 0 Å². The molecular formula is C17H22IN7. The quantitative estimate of drug-likeness (QED) is 0.487. The van der Waals surface area contributed by atoms with E-state index in [-0.39, 0.29) is 0 Å². The number of halogens is 1. The van der Waals surface area contributed by atoms with E-state index in [2.05, 4.69) is 57.1 Å². The number of pyridine rings is 1. The van der Waals surface area contributed by atoms with Crippen LogP contribution in [0.5, 0.6) is 0 Å². The lowest BCUT2D eigenvalue weighted by atomic mass is 10.2. The molecule has 0 N–H and O–H groups in total. The van der Waals surface area contributed by atoms with Crippen LogP contribution < -0.4 is 0 Å². The molecule has 0 fully saturated rings. The van der Waals surface area contributed by atoms with Gasteiger partial charge in [-0.2, -0.15) is 0 Å². The fraction of sp³-hybridized carbons (Fsp3) is 0.471. The lowest BCUT2D eigenvalue weighted by Gasteiger charge is -2.01. The smallest absolute Gasteiger partial charge is 0.131 e. The molecule has 0 amide bonds. The van der Waals surface area contributed by atoms with Crippen LogP contribution >= 0.6 is 22.6 Å². The average molecular weight is 451 g/mol. The third-order valence-corrected chi connectivity index (χ3v) is 4.50. The first-order valence-electron chi connectivity index (χ1n) is 8.68. The van der Waals surface area contributed by atoms with Gasteiger partial charge in [0.25, 0.3) is 0 Å². The number of aromatic nitrogens is 7. The second-order valence-corrected chi connectivity index (χ2v) is 7.24. The zero-order valence-electron chi connectivity index (χ0n) is 14.6. The molecule has 0 spiro atoms. The molecule has 3 rings (SSSR count). The summed E-state index contributed by atoms with van der Waals surface area (Å²) in [6, 6.07) is 4.03. The molecule has 0 bridgehead atoms. The van der Waals surface area contributed by atoms with E-state index in [4.69, 9.17) is 4.98 Å². The maximum Gasteiger partial charge on any atom is 0.131 e. The Morgan fingerprint density at radius 2 is 1.28 bits per heavy atom. The van der Waals surface area contributed by atoms with Gasteiger partial charge >= 0.3 is 0 Å². The summed E-state index contributed by atoms with van der Waals surface area (Å²) >= 11 is 2.29. The highest BCUT2D eigenvalue weighted by Crippen LogP contribution is 2.23. The average Bonchev–Trinajstić information content (AvgIpc) is 3.27. The van der Waals surface area contributed by atoms with Gasteiger partial charge < -0.3 is 0 Å². The number of unbranched alkanes of at least 4 members (excludes halogenated alkanes) is 2. The largest absolute Gasteiger partial charge is 0.252 e. The van der Waals surface area contributed by atoms with Crippen LogP contribution in [0.3, 0.4) is 0 Å². The maximum absolute atomic E-state index is 4.72. The van der Waals surface area contributed by atoms with Crippen molar-refractivity contribution >= 4 is 22.6 Å². The lowest BCUT2D eigenvalue weighted by Crippen LogP contribution is -1.97. The summed E-state index contributed by atoms with van der Waals surface area (Å²) in [6.45, 7) is 6.09. The Bertz CT molecular complexity index is 760. The third-order valence-electron chi connectivity index (χ3n) is 3.87. The van der Waals surface area contributed by atoms with Gasteiger partial charge in [0.15, 0.2) is 0 Å². The van der Waals surface area contributed by atoms with Crippen molar-refractivity contribution in [3.05, 3.63) is 28.1 Å². The van der Waals surface area contributed by atoms with E-state index in [9.17, 15) is 0 Å². The molecule has 0 aliphatic heterocycles. The van der Waals surface area contributed by atoms with Crippen molar-refractivity contribution in [2.24, 2.45) is 0 Å². The fourth-order valence-electron chi connectivity index (χ4n) is 2.45. The normalized spacial score (nSPS) is 11.2. The summed E-state index contributed by atoms with van der Waals surface area (Å²) in [6.07, 6.45) is 8.36. The lowest BCUT2D eigenvalue weighted by molar-refractivity contribution is 0.553. The number of aryl methyl sites for hydroxylation is 2. The van der Waals surface area contributed by atoms with Gasteiger partial charge in [-0.15, -0.1) is 10.2 Å². The third kappa shape index (κ3) is 4.62. The first-order valence-corrected chi connectivity index (χ1v) is 9.76. The Balaban J connectivity index is 1.85. The van der Waals surface area contributed by atoms with Crippen molar-refractivity contribution in [3.8, 4) is 22.8 Å². The summed E-state index contributed by atoms with van der Waals surface area (Å²) < 4.78 is 4.84. The predicted molar refractivity (Wildman–Crippen MR) is 105 cm³/mol. The summed E-state index contributed by atoms with van der Waals surface area (Å²) in [5, 5.41) is 16.9. The molecule has 3 aromatic rings. The molecule has 0 atom stereocenters. The number of hydrogen-bond acceptors (Lipinski definition) is 5. The van der Waals surface area contributed by atoms with Gasteiger partial charge in [-0.1, -0.05) is 37.1 Å². The van der Waals surface area contributed by atoms with Crippen molar-refractivity contribution in [2.45, 2.75) is 52.6 Å². The van der Waals surface area contributed by atoms with Gasteiger partial charge in [0.1, 0.15) is 11.4 Å². The molecule has 0 unspecified atom stereocenters. The molecule has 132 valence electrons. The highest BCUT2D eigenvalue weighted by molar-refractivity contribution is 14.1. The summed E-state index contributed by atoms with van der Waals surface area (Å²) in [5.74, 6) is 0. The number of hydrogen-bond donors (Lipinski definition) is 0. The van der Waals surface area contributed by atoms with Gasteiger partial charge in [-0.05, 0) is 47.6 Å². The Morgan fingerprint density at radius 1 is 0.800 bits per heavy atom. The van der Waals surface area contributed by atoms with Crippen molar-refractivity contribution in [2.75, 3.05) is 0 Å². The van der Waals surface area contributed by atoms with Crippen LogP contribution in [-0.2, 0) is 13.1 Å². The molecule has 7 nitrogen and oxygen atoms in total. The van der Waals surface area contributed by atoms with Crippen molar-refractivity contribution < 1.29 is 0 Å². The zero-order valence-corrected chi connectivity index (χ0v) is 16.7. The topological polar surface area (TPSA) is 74.3 Å². The minimum atomic E-state index is 0.786. The first-order chi connectivity index (χ1) is 12.2. The Labute approximate surface area is 161 Å². The van der Waals surface area contributed by atoms with E-state index in [1.807, 2.05) is 33.9 Å². The highest BCUT2D eigenvalue weighted by atomic mass is 127. The Hall–Kier alpha value is -1.84. The van der Waals surface area contributed by atoms with Crippen molar-refractivity contribution in [1.82, 2.24) is 35.0 Å². The molecule has 0 aliphatic carbocycles. The fourth-order valence-corrected chi connectivity index (χ4v) is 3.04. The number of nitrogens with zero attached hydrogens (tertiary/aromatic N) is 7. The number of rotatable bonds is 8. The molecular weight excluding hydrogens is 429 g/mol. The zero-order chi connectivity index (χ0) is 17.6. The SMILES string of the molecule is CCCCn1cc(-c2cc(I)cc(-c3cn(CCCC)nn3)n2)nn1. The van der Waals surface area contributed by atoms with Crippen molar-refractivity contribution in [3.63, 3.8) is 0 Å². The molecule has 3 aromatic heterocycles. The van der Waals surface area contributed by atoms with Crippen LogP contribution in [-0.4, -0.2) is 35.0 Å². The van der Waals surface area contributed by atoms with Crippen LogP contribution in [0.4, 0.5) is 0 Å². The molecule has 0 saturated heterocycles. The van der Waals surface area contributed by atoms with Gasteiger partial charge in [0.2, 0.25) is 0 Å². The summed E-state index contributed by atoms with van der Waals surface area (Å²) in [4.78, 5) is 4.72. The van der Waals surface area contributed by atoms with Crippen LogP contribution in [0, 0.1) is 3.57 Å². The molecule has 0 radical (unpaired) electrons. The molecule has 0 aliphatic rings. The van der Waals surface area contributed by atoms with E-state index >= 15 is 0 Å². The first kappa shape index (κ1) is 18.0. The van der Waals surface area contributed by atoms with E-state index in [1.54, 1.807) is 0 Å². The molecule has 8 heteroatoms. The predicted octanol–water partition coefficient (Wildman–Crippen LogP) is 3.80. The second-order valence-electron chi connectivity index (χ2n) is 6.00. The van der Waals surface area contributed by atoms with Crippen LogP contribution in [0.15, 0.2) is 24.5 Å². The van der Waals surface area contributed by atoms with Gasteiger partial charge in [-0.3, -0.25) is 9.36 Å². The molecule has 0 saturated carbocycles. The monoisotopic (exact) mass is 451 g/mol. The molecule has 3 heterocycles. The van der Waals surface area contributed by atoms with E-state index in [1.165, 1.54) is 0 Å². The Morgan fingerprint density at radius 3 is 1.72 bits per heavy atom. The molecule has 25 heavy (non-hydrogen) atoms. The van der Waals surface area contributed by atoms with Gasteiger partial charge in [0.05, 0.1) is 23.8 Å². The van der Waals surface area contributed by atoms with Crippen LogP contribution in [0.25, 0.3) is 22.8 Å². The summed E-state index contributed by atoms with van der Waals surface area (Å²) in [5.41, 5.74) is 3.20. The minimum Gasteiger partial charge on any atom is -0.252 e. The highest BCUT2D eigenvalue weighted by Gasteiger charge is 2.12. The van der Waals surface area contributed by atoms with E-state index < -0.39 is 0 Å². The van der Waals surface area contributed by atoms with Crippen LogP contribution in [0.2, 0.25) is 0 Å². The van der Waals surface area contributed by atoms with Crippen LogP contribution in [0.1, 0.15) is 39.5 Å². The second kappa shape index (κ2) is 8.50. The van der Waals surface area contributed by atoms with Gasteiger partial charge in [-0.25, -0.2) is 4.98 Å².